The molecule has 1 unspecified atom stereocenters. The van der Waals surface area contributed by atoms with Crippen molar-refractivity contribution >= 4 is 50.5 Å². The molecule has 1 aromatic carbocycles. The molecular formula is C11H9BrCl2N2S. The molecule has 6 heteroatoms. The van der Waals surface area contributed by atoms with Crippen LogP contribution >= 0.6 is 50.5 Å². The zero-order valence-corrected chi connectivity index (χ0v) is 12.5. The third-order valence-corrected chi connectivity index (χ3v) is 4.85. The summed E-state index contributed by atoms with van der Waals surface area (Å²) in [7, 11) is 0. The standard InChI is InChI=1S/C11H9BrCl2N2S/c12-8-3-4-17-11(8)10(16-15)7-2-1-6(13)5-9(7)14/h1-5,10,16H,15H2. The first-order valence-corrected chi connectivity index (χ1v) is 7.20. The molecule has 1 atom stereocenters. The summed E-state index contributed by atoms with van der Waals surface area (Å²) in [6, 6.07) is 7.23. The van der Waals surface area contributed by atoms with E-state index in [0.717, 1.165) is 14.9 Å². The summed E-state index contributed by atoms with van der Waals surface area (Å²) >= 11 is 17.2. The Balaban J connectivity index is 2.46. The predicted octanol–water partition coefficient (Wildman–Crippen LogP) is 4.37. The second kappa shape index (κ2) is 5.69. The number of rotatable bonds is 3. The molecule has 0 aliphatic rings. The first kappa shape index (κ1) is 13.3. The molecule has 0 aliphatic carbocycles. The fraction of sp³-hybridized carbons (Fsp3) is 0.0909. The number of hydrogen-bond donors (Lipinski definition) is 2. The van der Waals surface area contributed by atoms with Crippen LogP contribution in [0.4, 0.5) is 0 Å². The van der Waals surface area contributed by atoms with Crippen LogP contribution in [-0.2, 0) is 0 Å². The third kappa shape index (κ3) is 2.84. The summed E-state index contributed by atoms with van der Waals surface area (Å²) in [5.41, 5.74) is 3.68. The lowest BCUT2D eigenvalue weighted by Crippen LogP contribution is -2.28. The molecular weight excluding hydrogens is 343 g/mol. The molecule has 17 heavy (non-hydrogen) atoms. The lowest BCUT2D eigenvalue weighted by molar-refractivity contribution is 0.645. The molecule has 0 spiro atoms. The highest BCUT2D eigenvalue weighted by Crippen LogP contribution is 2.36. The fourth-order valence-corrected chi connectivity index (χ4v) is 3.75. The highest BCUT2D eigenvalue weighted by Gasteiger charge is 2.19. The second-order valence-electron chi connectivity index (χ2n) is 3.40. The highest BCUT2D eigenvalue weighted by atomic mass is 79.9. The number of hydrazine groups is 1. The maximum absolute atomic E-state index is 6.18. The summed E-state index contributed by atoms with van der Waals surface area (Å²) in [6.07, 6.45) is 0. The van der Waals surface area contributed by atoms with E-state index in [-0.39, 0.29) is 6.04 Å². The van der Waals surface area contributed by atoms with Crippen LogP contribution in [0.15, 0.2) is 34.1 Å². The Labute approximate surface area is 122 Å². The van der Waals surface area contributed by atoms with Crippen LogP contribution in [0, 0.1) is 0 Å². The minimum absolute atomic E-state index is 0.144. The second-order valence-corrected chi connectivity index (χ2v) is 6.04. The molecule has 0 aliphatic heterocycles. The van der Waals surface area contributed by atoms with Gasteiger partial charge in [-0.1, -0.05) is 29.3 Å². The van der Waals surface area contributed by atoms with E-state index < -0.39 is 0 Å². The van der Waals surface area contributed by atoms with Gasteiger partial charge in [0.2, 0.25) is 0 Å². The lowest BCUT2D eigenvalue weighted by atomic mass is 10.1. The van der Waals surface area contributed by atoms with Crippen LogP contribution in [0.3, 0.4) is 0 Å². The van der Waals surface area contributed by atoms with E-state index in [2.05, 4.69) is 21.4 Å². The number of thiophene rings is 1. The molecule has 1 heterocycles. The molecule has 90 valence electrons. The zero-order chi connectivity index (χ0) is 12.4. The maximum atomic E-state index is 6.18. The van der Waals surface area contributed by atoms with E-state index in [0.29, 0.717) is 10.0 Å². The Kier molecular flexibility index (Phi) is 4.47. The van der Waals surface area contributed by atoms with Crippen LogP contribution in [0.5, 0.6) is 0 Å². The topological polar surface area (TPSA) is 38.0 Å². The molecule has 0 radical (unpaired) electrons. The lowest BCUT2D eigenvalue weighted by Gasteiger charge is -2.17. The molecule has 3 N–H and O–H groups in total. The van der Waals surface area contributed by atoms with Gasteiger partial charge < -0.3 is 0 Å². The number of nitrogens with two attached hydrogens (primary N) is 1. The van der Waals surface area contributed by atoms with Gasteiger partial charge in [0.25, 0.3) is 0 Å². The van der Waals surface area contributed by atoms with Gasteiger partial charge in [-0.05, 0) is 45.1 Å². The van der Waals surface area contributed by atoms with Crippen molar-refractivity contribution in [2.24, 2.45) is 5.84 Å². The van der Waals surface area contributed by atoms with E-state index >= 15 is 0 Å². The molecule has 0 bridgehead atoms. The van der Waals surface area contributed by atoms with Crippen molar-refractivity contribution < 1.29 is 0 Å². The molecule has 2 nitrogen and oxygen atoms in total. The van der Waals surface area contributed by atoms with Gasteiger partial charge >= 0.3 is 0 Å². The maximum Gasteiger partial charge on any atom is 0.0828 e. The van der Waals surface area contributed by atoms with E-state index in [4.69, 9.17) is 29.0 Å². The normalized spacial score (nSPS) is 12.7. The summed E-state index contributed by atoms with van der Waals surface area (Å²) < 4.78 is 1.01. The van der Waals surface area contributed by atoms with Crippen molar-refractivity contribution in [3.63, 3.8) is 0 Å². The van der Waals surface area contributed by atoms with Gasteiger partial charge in [-0.3, -0.25) is 5.84 Å². The quantitative estimate of drug-likeness (QED) is 0.636. The predicted molar refractivity (Wildman–Crippen MR) is 77.6 cm³/mol. The Morgan fingerprint density at radius 1 is 1.29 bits per heavy atom. The van der Waals surface area contributed by atoms with Gasteiger partial charge in [0.1, 0.15) is 0 Å². The van der Waals surface area contributed by atoms with Crippen LogP contribution in [0.25, 0.3) is 0 Å². The molecule has 2 aromatic rings. The minimum atomic E-state index is -0.144. The van der Waals surface area contributed by atoms with Gasteiger partial charge in [0.15, 0.2) is 0 Å². The minimum Gasteiger partial charge on any atom is -0.271 e. The average molecular weight is 352 g/mol. The first-order chi connectivity index (χ1) is 8.13. The van der Waals surface area contributed by atoms with Gasteiger partial charge in [0, 0.05) is 19.4 Å². The summed E-state index contributed by atoms with van der Waals surface area (Å²) in [5, 5.41) is 3.20. The van der Waals surface area contributed by atoms with Crippen molar-refractivity contribution in [1.82, 2.24) is 5.43 Å². The summed E-state index contributed by atoms with van der Waals surface area (Å²) in [4.78, 5) is 1.08. The van der Waals surface area contributed by atoms with Crippen molar-refractivity contribution in [3.05, 3.63) is 54.6 Å². The number of halogens is 3. The Morgan fingerprint density at radius 3 is 2.59 bits per heavy atom. The molecule has 0 amide bonds. The molecule has 0 saturated carbocycles. The first-order valence-electron chi connectivity index (χ1n) is 4.77. The Morgan fingerprint density at radius 2 is 2.06 bits per heavy atom. The van der Waals surface area contributed by atoms with Crippen molar-refractivity contribution in [2.45, 2.75) is 6.04 Å². The van der Waals surface area contributed by atoms with E-state index in [1.54, 1.807) is 23.5 Å². The zero-order valence-electron chi connectivity index (χ0n) is 8.58. The van der Waals surface area contributed by atoms with E-state index in [9.17, 15) is 0 Å². The molecule has 2 rings (SSSR count). The monoisotopic (exact) mass is 350 g/mol. The number of hydrogen-bond acceptors (Lipinski definition) is 3. The molecule has 1 aromatic heterocycles. The largest absolute Gasteiger partial charge is 0.271 e. The van der Waals surface area contributed by atoms with Crippen LogP contribution < -0.4 is 11.3 Å². The highest BCUT2D eigenvalue weighted by molar-refractivity contribution is 9.10. The van der Waals surface area contributed by atoms with E-state index in [1.807, 2.05) is 17.5 Å². The van der Waals surface area contributed by atoms with E-state index in [1.165, 1.54) is 0 Å². The fourth-order valence-electron chi connectivity index (χ4n) is 1.55. The van der Waals surface area contributed by atoms with Crippen molar-refractivity contribution in [1.29, 1.82) is 0 Å². The van der Waals surface area contributed by atoms with Crippen LogP contribution in [0.2, 0.25) is 10.0 Å². The summed E-state index contributed by atoms with van der Waals surface area (Å²) in [5.74, 6) is 5.62. The third-order valence-electron chi connectivity index (χ3n) is 2.35. The van der Waals surface area contributed by atoms with Gasteiger partial charge in [-0.15, -0.1) is 11.3 Å². The van der Waals surface area contributed by atoms with Gasteiger partial charge in [0.05, 0.1) is 6.04 Å². The number of benzene rings is 1. The Bertz CT molecular complexity index is 530. The Hall–Kier alpha value is -0.100. The molecule has 0 saturated heterocycles. The number of nitrogens with one attached hydrogen (secondary N) is 1. The summed E-state index contributed by atoms with van der Waals surface area (Å²) in [6.45, 7) is 0. The van der Waals surface area contributed by atoms with Crippen LogP contribution in [0.1, 0.15) is 16.5 Å². The molecule has 0 fully saturated rings. The SMILES string of the molecule is NNC(c1ccc(Cl)cc1Cl)c1sccc1Br. The van der Waals surface area contributed by atoms with Crippen LogP contribution in [-0.4, -0.2) is 0 Å². The van der Waals surface area contributed by atoms with Crippen molar-refractivity contribution in [2.75, 3.05) is 0 Å². The van der Waals surface area contributed by atoms with Gasteiger partial charge in [-0.2, -0.15) is 0 Å². The smallest absolute Gasteiger partial charge is 0.0828 e. The average Bonchev–Trinajstić information content (AvgIpc) is 2.69. The van der Waals surface area contributed by atoms with Crippen molar-refractivity contribution in [3.8, 4) is 0 Å². The van der Waals surface area contributed by atoms with Gasteiger partial charge in [-0.25, -0.2) is 5.43 Å².